The standard InChI is InChI=1S/C22H21Cl2N3O2S2/c1-14(2)15-3-5-18(6-4-15)25-22(30)26-19-7-9-21(10-8-19)31(28,29)27-20-12-16(23)11-17(24)13-20/h3-14,27H,1-2H3,(H2,25,26,30). The maximum atomic E-state index is 12.6. The molecule has 0 aliphatic rings. The van der Waals surface area contributed by atoms with Crippen molar-refractivity contribution >= 4 is 67.6 Å². The van der Waals surface area contributed by atoms with Gasteiger partial charge in [0, 0.05) is 21.4 Å². The maximum Gasteiger partial charge on any atom is 0.261 e. The number of anilines is 3. The largest absolute Gasteiger partial charge is 0.332 e. The van der Waals surface area contributed by atoms with Gasteiger partial charge >= 0.3 is 0 Å². The lowest BCUT2D eigenvalue weighted by Crippen LogP contribution is -2.19. The smallest absolute Gasteiger partial charge is 0.261 e. The number of rotatable bonds is 6. The van der Waals surface area contributed by atoms with Crippen LogP contribution in [-0.4, -0.2) is 13.5 Å². The predicted molar refractivity (Wildman–Crippen MR) is 134 cm³/mol. The average molecular weight is 494 g/mol. The third-order valence-corrected chi connectivity index (χ3v) is 6.41. The van der Waals surface area contributed by atoms with Gasteiger partial charge in [0.2, 0.25) is 0 Å². The Morgan fingerprint density at radius 2 is 1.29 bits per heavy atom. The number of hydrogen-bond acceptors (Lipinski definition) is 3. The van der Waals surface area contributed by atoms with Crippen molar-refractivity contribution in [1.29, 1.82) is 0 Å². The van der Waals surface area contributed by atoms with Gasteiger partial charge in [0.15, 0.2) is 5.11 Å². The van der Waals surface area contributed by atoms with Crippen LogP contribution in [0.5, 0.6) is 0 Å². The number of sulfonamides is 1. The fourth-order valence-electron chi connectivity index (χ4n) is 2.79. The Balaban J connectivity index is 1.64. The summed E-state index contributed by atoms with van der Waals surface area (Å²) in [6, 6.07) is 18.8. The van der Waals surface area contributed by atoms with Gasteiger partial charge in [-0.05, 0) is 78.3 Å². The summed E-state index contributed by atoms with van der Waals surface area (Å²) in [4.78, 5) is 0.0947. The predicted octanol–water partition coefficient (Wildman–Crippen LogP) is 6.73. The van der Waals surface area contributed by atoms with Gasteiger partial charge in [0.05, 0.1) is 10.6 Å². The molecule has 0 spiro atoms. The quantitative estimate of drug-likeness (QED) is 0.332. The van der Waals surface area contributed by atoms with E-state index in [2.05, 4.69) is 41.3 Å². The number of hydrogen-bond donors (Lipinski definition) is 3. The number of halogens is 2. The van der Waals surface area contributed by atoms with E-state index in [1.54, 1.807) is 12.1 Å². The molecule has 0 radical (unpaired) electrons. The maximum absolute atomic E-state index is 12.6. The lowest BCUT2D eigenvalue weighted by molar-refractivity contribution is 0.601. The molecule has 3 aromatic rings. The number of thiocarbonyl (C=S) groups is 1. The minimum Gasteiger partial charge on any atom is -0.332 e. The summed E-state index contributed by atoms with van der Waals surface area (Å²) in [7, 11) is -3.80. The topological polar surface area (TPSA) is 70.2 Å². The molecular weight excluding hydrogens is 473 g/mol. The highest BCUT2D eigenvalue weighted by Gasteiger charge is 2.15. The van der Waals surface area contributed by atoms with Gasteiger partial charge in [0.1, 0.15) is 0 Å². The zero-order valence-electron chi connectivity index (χ0n) is 16.8. The minimum atomic E-state index is -3.80. The molecule has 0 unspecified atom stereocenters. The van der Waals surface area contributed by atoms with E-state index in [4.69, 9.17) is 35.4 Å². The Labute approximate surface area is 197 Å². The monoisotopic (exact) mass is 493 g/mol. The molecule has 0 bridgehead atoms. The van der Waals surface area contributed by atoms with Crippen LogP contribution in [0.25, 0.3) is 0 Å². The van der Waals surface area contributed by atoms with Crippen LogP contribution < -0.4 is 15.4 Å². The second-order valence-electron chi connectivity index (χ2n) is 7.14. The second-order valence-corrected chi connectivity index (χ2v) is 10.1. The van der Waals surface area contributed by atoms with Gasteiger partial charge in [-0.2, -0.15) is 0 Å². The SMILES string of the molecule is CC(C)c1ccc(NC(=S)Nc2ccc(S(=O)(=O)Nc3cc(Cl)cc(Cl)c3)cc2)cc1. The van der Waals surface area contributed by atoms with Crippen LogP contribution in [0.2, 0.25) is 10.0 Å². The van der Waals surface area contributed by atoms with Gasteiger partial charge in [-0.1, -0.05) is 49.2 Å². The first kappa shape index (κ1) is 23.3. The second kappa shape index (κ2) is 9.87. The van der Waals surface area contributed by atoms with E-state index in [9.17, 15) is 8.42 Å². The first-order chi connectivity index (χ1) is 14.6. The Morgan fingerprint density at radius 1 is 0.806 bits per heavy atom. The molecule has 0 fully saturated rings. The minimum absolute atomic E-state index is 0.0947. The van der Waals surface area contributed by atoms with Crippen molar-refractivity contribution in [3.63, 3.8) is 0 Å². The highest BCUT2D eigenvalue weighted by molar-refractivity contribution is 7.92. The third kappa shape index (κ3) is 6.58. The molecule has 0 saturated carbocycles. The summed E-state index contributed by atoms with van der Waals surface area (Å²) >= 11 is 17.2. The van der Waals surface area contributed by atoms with Crippen LogP contribution in [0.1, 0.15) is 25.3 Å². The van der Waals surface area contributed by atoms with Crippen LogP contribution in [-0.2, 0) is 10.0 Å². The molecule has 0 atom stereocenters. The Bertz CT molecular complexity index is 1160. The van der Waals surface area contributed by atoms with Crippen LogP contribution in [0, 0.1) is 0 Å². The Kier molecular flexibility index (Phi) is 7.43. The van der Waals surface area contributed by atoms with Gasteiger partial charge in [-0.3, -0.25) is 4.72 Å². The highest BCUT2D eigenvalue weighted by atomic mass is 35.5. The zero-order valence-corrected chi connectivity index (χ0v) is 20.0. The molecule has 0 aliphatic heterocycles. The molecule has 31 heavy (non-hydrogen) atoms. The van der Waals surface area contributed by atoms with Crippen molar-refractivity contribution in [2.24, 2.45) is 0 Å². The molecule has 0 amide bonds. The molecule has 3 rings (SSSR count). The lowest BCUT2D eigenvalue weighted by Gasteiger charge is -2.13. The first-order valence-electron chi connectivity index (χ1n) is 9.39. The van der Waals surface area contributed by atoms with E-state index in [1.165, 1.54) is 35.9 Å². The Hall–Kier alpha value is -2.32. The molecule has 3 N–H and O–H groups in total. The van der Waals surface area contributed by atoms with Crippen molar-refractivity contribution in [1.82, 2.24) is 0 Å². The van der Waals surface area contributed by atoms with Gasteiger partial charge in [-0.15, -0.1) is 0 Å². The molecule has 3 aromatic carbocycles. The van der Waals surface area contributed by atoms with Crippen molar-refractivity contribution in [2.45, 2.75) is 24.7 Å². The first-order valence-corrected chi connectivity index (χ1v) is 12.0. The van der Waals surface area contributed by atoms with E-state index in [0.717, 1.165) is 5.69 Å². The van der Waals surface area contributed by atoms with E-state index in [0.29, 0.717) is 26.8 Å². The summed E-state index contributed by atoms with van der Waals surface area (Å²) in [5.41, 5.74) is 3.05. The van der Waals surface area contributed by atoms with Crippen LogP contribution >= 0.6 is 35.4 Å². The highest BCUT2D eigenvalue weighted by Crippen LogP contribution is 2.25. The molecular formula is C22H21Cl2N3O2S2. The summed E-state index contributed by atoms with van der Waals surface area (Å²) < 4.78 is 27.7. The van der Waals surface area contributed by atoms with Crippen molar-refractivity contribution in [3.05, 3.63) is 82.3 Å². The normalized spacial score (nSPS) is 11.3. The number of nitrogens with one attached hydrogen (secondary N) is 3. The molecule has 0 saturated heterocycles. The van der Waals surface area contributed by atoms with Gasteiger partial charge in [-0.25, -0.2) is 8.42 Å². The van der Waals surface area contributed by atoms with Crippen LogP contribution in [0.4, 0.5) is 17.1 Å². The van der Waals surface area contributed by atoms with Crippen molar-refractivity contribution in [2.75, 3.05) is 15.4 Å². The summed E-state index contributed by atoms with van der Waals surface area (Å²) in [6.07, 6.45) is 0. The van der Waals surface area contributed by atoms with Crippen LogP contribution in [0.3, 0.4) is 0 Å². The molecule has 162 valence electrons. The summed E-state index contributed by atoms with van der Waals surface area (Å²) in [5.74, 6) is 0.458. The van der Waals surface area contributed by atoms with Crippen LogP contribution in [0.15, 0.2) is 71.6 Å². The van der Waals surface area contributed by atoms with E-state index in [1.807, 2.05) is 12.1 Å². The molecule has 0 aromatic heterocycles. The van der Waals surface area contributed by atoms with Gasteiger partial charge in [0.25, 0.3) is 10.0 Å². The van der Waals surface area contributed by atoms with Gasteiger partial charge < -0.3 is 10.6 Å². The average Bonchev–Trinajstić information content (AvgIpc) is 2.67. The van der Waals surface area contributed by atoms with Crippen molar-refractivity contribution in [3.8, 4) is 0 Å². The number of benzene rings is 3. The molecule has 0 aliphatic carbocycles. The molecule has 9 heteroatoms. The summed E-state index contributed by atoms with van der Waals surface area (Å²) in [6.45, 7) is 4.27. The third-order valence-electron chi connectivity index (χ3n) is 4.37. The fourth-order valence-corrected chi connectivity index (χ4v) is 4.59. The van der Waals surface area contributed by atoms with E-state index >= 15 is 0 Å². The van der Waals surface area contributed by atoms with E-state index < -0.39 is 10.0 Å². The Morgan fingerprint density at radius 3 is 1.77 bits per heavy atom. The lowest BCUT2D eigenvalue weighted by atomic mass is 10.0. The summed E-state index contributed by atoms with van der Waals surface area (Å²) in [5, 5.41) is 7.23. The zero-order chi connectivity index (χ0) is 22.6. The van der Waals surface area contributed by atoms with E-state index in [-0.39, 0.29) is 10.6 Å². The van der Waals surface area contributed by atoms with Crippen molar-refractivity contribution < 1.29 is 8.42 Å². The fraction of sp³-hybridized carbons (Fsp3) is 0.136. The molecule has 0 heterocycles. The molecule has 5 nitrogen and oxygen atoms in total.